The van der Waals surface area contributed by atoms with E-state index in [0.29, 0.717) is 10.9 Å². The van der Waals surface area contributed by atoms with E-state index in [4.69, 9.17) is 0 Å². The van der Waals surface area contributed by atoms with Crippen molar-refractivity contribution in [2.24, 2.45) is 0 Å². The van der Waals surface area contributed by atoms with E-state index in [-0.39, 0.29) is 5.75 Å². The molecule has 0 aliphatic heterocycles. The summed E-state index contributed by atoms with van der Waals surface area (Å²) in [6.45, 7) is -2.82. The van der Waals surface area contributed by atoms with Crippen LogP contribution < -0.4 is 4.74 Å². The third-order valence-electron chi connectivity index (χ3n) is 1.64. The molecule has 0 spiro atoms. The van der Waals surface area contributed by atoms with Crippen LogP contribution in [0.2, 0.25) is 0 Å². The number of hydrogen-bond acceptors (Lipinski definition) is 2. The van der Waals surface area contributed by atoms with Gasteiger partial charge in [0.1, 0.15) is 5.75 Å². The van der Waals surface area contributed by atoms with Gasteiger partial charge in [-0.15, -0.1) is 0 Å². The first-order valence-electron chi connectivity index (χ1n) is 3.92. The van der Waals surface area contributed by atoms with Crippen LogP contribution in [0.15, 0.2) is 24.3 Å². The number of aliphatic hydroxyl groups excluding tert-OH is 1. The average molecular weight is 267 g/mol. The smallest absolute Gasteiger partial charge is 0.387 e. The van der Waals surface area contributed by atoms with E-state index in [0.717, 1.165) is 0 Å². The molecule has 0 saturated heterocycles. The molecule has 1 aromatic rings. The molecule has 0 amide bonds. The van der Waals surface area contributed by atoms with Gasteiger partial charge >= 0.3 is 6.61 Å². The van der Waals surface area contributed by atoms with Gasteiger partial charge in [0.2, 0.25) is 0 Å². The molecule has 0 saturated carbocycles. The summed E-state index contributed by atoms with van der Waals surface area (Å²) in [5, 5.41) is 9.77. The largest absolute Gasteiger partial charge is 0.435 e. The zero-order valence-electron chi connectivity index (χ0n) is 7.16. The van der Waals surface area contributed by atoms with Crippen LogP contribution in [-0.2, 0) is 0 Å². The van der Waals surface area contributed by atoms with Crippen molar-refractivity contribution in [3.8, 4) is 5.75 Å². The molecule has 1 atom stereocenters. The zero-order chi connectivity index (χ0) is 10.6. The van der Waals surface area contributed by atoms with Gasteiger partial charge in [-0.25, -0.2) is 0 Å². The Labute approximate surface area is 88.6 Å². The molecule has 1 aromatic carbocycles. The van der Waals surface area contributed by atoms with Crippen LogP contribution in [0.4, 0.5) is 8.78 Å². The van der Waals surface area contributed by atoms with Crippen molar-refractivity contribution >= 4 is 15.9 Å². The Bertz CT molecular complexity index is 277. The van der Waals surface area contributed by atoms with Gasteiger partial charge in [-0.3, -0.25) is 0 Å². The Morgan fingerprint density at radius 3 is 2.29 bits per heavy atom. The molecule has 0 fully saturated rings. The molecule has 1 N–H and O–H groups in total. The highest BCUT2D eigenvalue weighted by molar-refractivity contribution is 9.09. The van der Waals surface area contributed by atoms with Crippen molar-refractivity contribution in [3.63, 3.8) is 0 Å². The second kappa shape index (κ2) is 5.26. The summed E-state index contributed by atoms with van der Waals surface area (Å²) >= 11 is 3.11. The summed E-state index contributed by atoms with van der Waals surface area (Å²) in [4.78, 5) is 0. The van der Waals surface area contributed by atoms with Gasteiger partial charge in [-0.1, -0.05) is 28.1 Å². The Balaban J connectivity index is 2.68. The summed E-state index contributed by atoms with van der Waals surface area (Å²) in [5.74, 6) is 0.0884. The van der Waals surface area contributed by atoms with Gasteiger partial charge in [-0.2, -0.15) is 8.78 Å². The quantitative estimate of drug-likeness (QED) is 0.850. The normalized spacial score (nSPS) is 12.9. The summed E-state index contributed by atoms with van der Waals surface area (Å²) in [6, 6.07) is 5.88. The average Bonchev–Trinajstić information content (AvgIpc) is 2.17. The molecule has 0 aliphatic rings. The summed E-state index contributed by atoms with van der Waals surface area (Å²) in [7, 11) is 0. The molecule has 2 nitrogen and oxygen atoms in total. The molecule has 1 unspecified atom stereocenters. The first-order valence-corrected chi connectivity index (χ1v) is 5.04. The van der Waals surface area contributed by atoms with E-state index in [1.54, 1.807) is 12.1 Å². The fraction of sp³-hybridized carbons (Fsp3) is 0.333. The van der Waals surface area contributed by atoms with Crippen LogP contribution in [-0.4, -0.2) is 17.0 Å². The lowest BCUT2D eigenvalue weighted by molar-refractivity contribution is -0.0498. The van der Waals surface area contributed by atoms with Crippen molar-refractivity contribution in [1.82, 2.24) is 0 Å². The lowest BCUT2D eigenvalue weighted by atomic mass is 10.1. The lowest BCUT2D eigenvalue weighted by Gasteiger charge is -2.08. The maximum Gasteiger partial charge on any atom is 0.387 e. The molecule has 5 heteroatoms. The highest BCUT2D eigenvalue weighted by Crippen LogP contribution is 2.20. The molecule has 0 aliphatic carbocycles. The molecule has 78 valence electrons. The maximum absolute atomic E-state index is 11.8. The topological polar surface area (TPSA) is 29.5 Å². The molecular weight excluding hydrogens is 258 g/mol. The number of hydrogen-bond donors (Lipinski definition) is 1. The Morgan fingerprint density at radius 1 is 1.29 bits per heavy atom. The number of alkyl halides is 3. The highest BCUT2D eigenvalue weighted by Gasteiger charge is 2.07. The predicted octanol–water partition coefficient (Wildman–Crippen LogP) is 2.72. The van der Waals surface area contributed by atoms with Gasteiger partial charge < -0.3 is 9.84 Å². The van der Waals surface area contributed by atoms with Crippen LogP contribution >= 0.6 is 15.9 Å². The Kier molecular flexibility index (Phi) is 4.28. The number of rotatable bonds is 4. The second-order valence-electron chi connectivity index (χ2n) is 2.62. The standard InChI is InChI=1S/C9H9BrF2O2/c10-5-8(13)6-1-3-7(4-2-6)14-9(11)12/h1-4,8-9,13H,5H2. The van der Waals surface area contributed by atoms with E-state index in [1.165, 1.54) is 12.1 Å². The second-order valence-corrected chi connectivity index (χ2v) is 3.27. The van der Waals surface area contributed by atoms with Crippen LogP contribution in [0, 0.1) is 0 Å². The van der Waals surface area contributed by atoms with Crippen molar-refractivity contribution in [1.29, 1.82) is 0 Å². The fourth-order valence-electron chi connectivity index (χ4n) is 0.961. The fourth-order valence-corrected chi connectivity index (χ4v) is 1.33. The van der Waals surface area contributed by atoms with E-state index < -0.39 is 12.7 Å². The number of aliphatic hydroxyl groups is 1. The minimum absolute atomic E-state index is 0.0884. The molecule has 0 heterocycles. The highest BCUT2D eigenvalue weighted by atomic mass is 79.9. The lowest BCUT2D eigenvalue weighted by Crippen LogP contribution is -2.02. The van der Waals surface area contributed by atoms with Crippen LogP contribution in [0.25, 0.3) is 0 Å². The van der Waals surface area contributed by atoms with Crippen molar-refractivity contribution in [2.45, 2.75) is 12.7 Å². The summed E-state index contributed by atoms with van der Waals surface area (Å²) in [6.07, 6.45) is -0.629. The monoisotopic (exact) mass is 266 g/mol. The SMILES string of the molecule is OC(CBr)c1ccc(OC(F)F)cc1. The van der Waals surface area contributed by atoms with Gasteiger partial charge in [0, 0.05) is 5.33 Å². The van der Waals surface area contributed by atoms with E-state index in [9.17, 15) is 13.9 Å². The molecular formula is C9H9BrF2O2. The first kappa shape index (κ1) is 11.4. The maximum atomic E-state index is 11.8. The molecule has 0 radical (unpaired) electrons. The van der Waals surface area contributed by atoms with Crippen molar-refractivity contribution < 1.29 is 18.6 Å². The van der Waals surface area contributed by atoms with Crippen molar-refractivity contribution in [2.75, 3.05) is 5.33 Å². The summed E-state index contributed by atoms with van der Waals surface area (Å²) in [5.41, 5.74) is 0.656. The van der Waals surface area contributed by atoms with Gasteiger partial charge in [0.25, 0.3) is 0 Å². The summed E-state index contributed by atoms with van der Waals surface area (Å²) < 4.78 is 27.7. The van der Waals surface area contributed by atoms with Crippen molar-refractivity contribution in [3.05, 3.63) is 29.8 Å². The van der Waals surface area contributed by atoms with Gasteiger partial charge in [0.05, 0.1) is 6.10 Å². The molecule has 0 aromatic heterocycles. The van der Waals surface area contributed by atoms with E-state index in [1.807, 2.05) is 0 Å². The first-order chi connectivity index (χ1) is 6.63. The molecule has 0 bridgehead atoms. The van der Waals surface area contributed by atoms with Crippen LogP contribution in [0.1, 0.15) is 11.7 Å². The van der Waals surface area contributed by atoms with E-state index >= 15 is 0 Å². The van der Waals surface area contributed by atoms with E-state index in [2.05, 4.69) is 20.7 Å². The third kappa shape index (κ3) is 3.23. The minimum Gasteiger partial charge on any atom is -0.435 e. The van der Waals surface area contributed by atoms with Gasteiger partial charge in [0.15, 0.2) is 0 Å². The van der Waals surface area contributed by atoms with Crippen LogP contribution in [0.3, 0.4) is 0 Å². The third-order valence-corrected chi connectivity index (χ3v) is 2.25. The molecule has 14 heavy (non-hydrogen) atoms. The number of halogens is 3. The number of ether oxygens (including phenoxy) is 1. The van der Waals surface area contributed by atoms with Crippen LogP contribution in [0.5, 0.6) is 5.75 Å². The Morgan fingerprint density at radius 2 is 1.86 bits per heavy atom. The Hall–Kier alpha value is -0.680. The van der Waals surface area contributed by atoms with Gasteiger partial charge in [-0.05, 0) is 17.7 Å². The minimum atomic E-state index is -2.82. The zero-order valence-corrected chi connectivity index (χ0v) is 8.75. The number of benzene rings is 1. The predicted molar refractivity (Wildman–Crippen MR) is 51.8 cm³/mol. The molecule has 1 rings (SSSR count).